The Hall–Kier alpha value is -0.780. The molecule has 0 fully saturated rings. The predicted molar refractivity (Wildman–Crippen MR) is 61.6 cm³/mol. The lowest BCUT2D eigenvalue weighted by Crippen LogP contribution is -2.22. The van der Waals surface area contributed by atoms with Crippen molar-refractivity contribution in [1.29, 1.82) is 0 Å². The number of amides is 1. The van der Waals surface area contributed by atoms with E-state index >= 15 is 0 Å². The third-order valence-electron chi connectivity index (χ3n) is 1.60. The molecular formula is C9H11IN2O. The lowest BCUT2D eigenvalue weighted by molar-refractivity contribution is 0.0956. The number of halogens is 1. The summed E-state index contributed by atoms with van der Waals surface area (Å²) in [5.74, 6) is -0.0552. The first-order valence-electron chi connectivity index (χ1n) is 3.98. The second kappa shape index (κ2) is 4.45. The smallest absolute Gasteiger partial charge is 0.251 e. The molecule has 0 atom stereocenters. The molecule has 1 aromatic carbocycles. The van der Waals surface area contributed by atoms with Crippen LogP contribution >= 0.6 is 22.6 Å². The van der Waals surface area contributed by atoms with Gasteiger partial charge >= 0.3 is 0 Å². The van der Waals surface area contributed by atoms with E-state index in [0.29, 0.717) is 17.8 Å². The Morgan fingerprint density at radius 1 is 1.62 bits per heavy atom. The summed E-state index contributed by atoms with van der Waals surface area (Å²) in [7, 11) is 0. The van der Waals surface area contributed by atoms with E-state index in [0.717, 1.165) is 3.57 Å². The predicted octanol–water partition coefficient (Wildman–Crippen LogP) is 1.62. The molecule has 0 unspecified atom stereocenters. The molecule has 0 saturated heterocycles. The van der Waals surface area contributed by atoms with E-state index in [9.17, 15) is 4.79 Å². The van der Waals surface area contributed by atoms with Gasteiger partial charge in [0.05, 0.1) is 0 Å². The molecule has 0 aromatic heterocycles. The Labute approximate surface area is 90.8 Å². The Kier molecular flexibility index (Phi) is 3.53. The maximum absolute atomic E-state index is 11.4. The topological polar surface area (TPSA) is 55.1 Å². The van der Waals surface area contributed by atoms with Gasteiger partial charge in [-0.2, -0.15) is 0 Å². The molecule has 1 aromatic rings. The van der Waals surface area contributed by atoms with Gasteiger partial charge in [0.2, 0.25) is 0 Å². The number of hydrogen-bond acceptors (Lipinski definition) is 2. The van der Waals surface area contributed by atoms with Gasteiger partial charge < -0.3 is 11.1 Å². The van der Waals surface area contributed by atoms with Crippen LogP contribution in [-0.4, -0.2) is 12.5 Å². The first-order valence-corrected chi connectivity index (χ1v) is 5.06. The van der Waals surface area contributed by atoms with Crippen LogP contribution in [0.2, 0.25) is 0 Å². The van der Waals surface area contributed by atoms with Crippen molar-refractivity contribution in [2.75, 3.05) is 12.3 Å². The van der Waals surface area contributed by atoms with Gasteiger partial charge in [-0.3, -0.25) is 4.79 Å². The summed E-state index contributed by atoms with van der Waals surface area (Å²) in [4.78, 5) is 11.4. The van der Waals surface area contributed by atoms with E-state index in [1.807, 2.05) is 6.92 Å². The van der Waals surface area contributed by atoms with Crippen LogP contribution < -0.4 is 11.1 Å². The monoisotopic (exact) mass is 290 g/mol. The first kappa shape index (κ1) is 10.3. The second-order valence-corrected chi connectivity index (χ2v) is 3.76. The quantitative estimate of drug-likeness (QED) is 0.642. The zero-order valence-electron chi connectivity index (χ0n) is 7.30. The maximum Gasteiger partial charge on any atom is 0.251 e. The lowest BCUT2D eigenvalue weighted by atomic mass is 10.2. The Morgan fingerprint density at radius 3 is 2.85 bits per heavy atom. The number of benzene rings is 1. The van der Waals surface area contributed by atoms with Crippen molar-refractivity contribution in [3.63, 3.8) is 0 Å². The number of carbonyl (C=O) groups is 1. The number of anilines is 1. The van der Waals surface area contributed by atoms with Crippen molar-refractivity contribution in [2.45, 2.75) is 6.92 Å². The number of nitrogen functional groups attached to an aromatic ring is 1. The molecule has 1 rings (SSSR count). The average molecular weight is 290 g/mol. The fourth-order valence-electron chi connectivity index (χ4n) is 0.931. The van der Waals surface area contributed by atoms with Crippen molar-refractivity contribution >= 4 is 34.2 Å². The maximum atomic E-state index is 11.4. The molecule has 0 aliphatic carbocycles. The summed E-state index contributed by atoms with van der Waals surface area (Å²) in [6, 6.07) is 5.25. The molecule has 3 N–H and O–H groups in total. The molecule has 0 heterocycles. The van der Waals surface area contributed by atoms with Gasteiger partial charge in [-0.25, -0.2) is 0 Å². The van der Waals surface area contributed by atoms with Gasteiger partial charge in [0.1, 0.15) is 0 Å². The van der Waals surface area contributed by atoms with Crippen LogP contribution in [0.15, 0.2) is 18.2 Å². The minimum atomic E-state index is -0.0552. The second-order valence-electron chi connectivity index (χ2n) is 2.60. The lowest BCUT2D eigenvalue weighted by Gasteiger charge is -2.03. The van der Waals surface area contributed by atoms with Crippen LogP contribution in [0.5, 0.6) is 0 Å². The highest BCUT2D eigenvalue weighted by molar-refractivity contribution is 14.1. The zero-order valence-corrected chi connectivity index (χ0v) is 9.46. The van der Waals surface area contributed by atoms with Crippen molar-refractivity contribution < 1.29 is 4.79 Å². The molecule has 3 nitrogen and oxygen atoms in total. The summed E-state index contributed by atoms with van der Waals surface area (Å²) in [5, 5.41) is 2.73. The molecule has 0 aliphatic heterocycles. The molecule has 0 spiro atoms. The summed E-state index contributed by atoms with van der Waals surface area (Å²) in [5.41, 5.74) is 6.98. The summed E-state index contributed by atoms with van der Waals surface area (Å²) in [6.45, 7) is 2.53. The van der Waals surface area contributed by atoms with Gasteiger partial charge in [0.25, 0.3) is 5.91 Å². The van der Waals surface area contributed by atoms with Crippen LogP contribution in [-0.2, 0) is 0 Å². The molecule has 4 heteroatoms. The highest BCUT2D eigenvalue weighted by atomic mass is 127. The van der Waals surface area contributed by atoms with Gasteiger partial charge in [-0.05, 0) is 47.7 Å². The van der Waals surface area contributed by atoms with Gasteiger partial charge in [-0.15, -0.1) is 0 Å². The van der Waals surface area contributed by atoms with Gasteiger partial charge in [0.15, 0.2) is 0 Å². The van der Waals surface area contributed by atoms with E-state index in [-0.39, 0.29) is 5.91 Å². The number of carbonyl (C=O) groups excluding carboxylic acids is 1. The molecule has 0 saturated carbocycles. The number of rotatable bonds is 2. The minimum Gasteiger partial charge on any atom is -0.398 e. The SMILES string of the molecule is CCNC(=O)c1ccc(N)c(I)c1. The normalized spacial score (nSPS) is 9.69. The van der Waals surface area contributed by atoms with Crippen molar-refractivity contribution in [1.82, 2.24) is 5.32 Å². The average Bonchev–Trinajstić information content (AvgIpc) is 2.10. The fourth-order valence-corrected chi connectivity index (χ4v) is 1.45. The van der Waals surface area contributed by atoms with E-state index in [4.69, 9.17) is 5.73 Å². The summed E-state index contributed by atoms with van der Waals surface area (Å²) < 4.78 is 0.904. The molecular weight excluding hydrogens is 279 g/mol. The molecule has 13 heavy (non-hydrogen) atoms. The zero-order chi connectivity index (χ0) is 9.84. The molecule has 0 radical (unpaired) electrons. The summed E-state index contributed by atoms with van der Waals surface area (Å²) in [6.07, 6.45) is 0. The minimum absolute atomic E-state index is 0.0552. The third-order valence-corrected chi connectivity index (χ3v) is 2.53. The first-order chi connectivity index (χ1) is 6.15. The van der Waals surface area contributed by atoms with Crippen molar-refractivity contribution in [3.8, 4) is 0 Å². The standard InChI is InChI=1S/C9H11IN2O/c1-2-12-9(13)6-3-4-8(11)7(10)5-6/h3-5H,2,11H2,1H3,(H,12,13). The van der Waals surface area contributed by atoms with Crippen molar-refractivity contribution in [2.24, 2.45) is 0 Å². The van der Waals surface area contributed by atoms with Crippen LogP contribution in [0.3, 0.4) is 0 Å². The number of nitrogens with one attached hydrogen (secondary N) is 1. The van der Waals surface area contributed by atoms with Gasteiger partial charge in [0, 0.05) is 21.4 Å². The van der Waals surface area contributed by atoms with Crippen LogP contribution in [0.1, 0.15) is 17.3 Å². The Balaban J connectivity index is 2.90. The summed E-state index contributed by atoms with van der Waals surface area (Å²) >= 11 is 2.11. The molecule has 1 amide bonds. The highest BCUT2D eigenvalue weighted by Crippen LogP contribution is 2.15. The van der Waals surface area contributed by atoms with E-state index < -0.39 is 0 Å². The molecule has 70 valence electrons. The number of nitrogens with two attached hydrogens (primary N) is 1. The number of hydrogen-bond donors (Lipinski definition) is 2. The van der Waals surface area contributed by atoms with Crippen molar-refractivity contribution in [3.05, 3.63) is 27.3 Å². The van der Waals surface area contributed by atoms with E-state index in [1.165, 1.54) is 0 Å². The van der Waals surface area contributed by atoms with E-state index in [1.54, 1.807) is 18.2 Å². The van der Waals surface area contributed by atoms with Crippen LogP contribution in [0.25, 0.3) is 0 Å². The Morgan fingerprint density at radius 2 is 2.31 bits per heavy atom. The van der Waals surface area contributed by atoms with Gasteiger partial charge in [-0.1, -0.05) is 0 Å². The van der Waals surface area contributed by atoms with E-state index in [2.05, 4.69) is 27.9 Å². The van der Waals surface area contributed by atoms with Crippen LogP contribution in [0.4, 0.5) is 5.69 Å². The highest BCUT2D eigenvalue weighted by Gasteiger charge is 2.05. The Bertz CT molecular complexity index is 325. The molecule has 0 aliphatic rings. The third kappa shape index (κ3) is 2.58. The van der Waals surface area contributed by atoms with Crippen LogP contribution in [0, 0.1) is 3.57 Å². The fraction of sp³-hybridized carbons (Fsp3) is 0.222. The largest absolute Gasteiger partial charge is 0.398 e. The molecule has 0 bridgehead atoms.